The number of nitrogens with one attached hydrogen (secondary N) is 1. The molecule has 3 nitrogen and oxygen atoms in total. The highest BCUT2D eigenvalue weighted by Gasteiger charge is 2.34. The van der Waals surface area contributed by atoms with Gasteiger partial charge in [-0.25, -0.2) is 0 Å². The summed E-state index contributed by atoms with van der Waals surface area (Å²) in [5.74, 6) is 0. The fraction of sp³-hybridized carbons (Fsp3) is 1.00. The minimum Gasteiger partial charge on any atom is -0.378 e. The maximum atomic E-state index is 5.72. The van der Waals surface area contributed by atoms with Gasteiger partial charge in [-0.1, -0.05) is 0 Å². The van der Waals surface area contributed by atoms with Gasteiger partial charge in [-0.2, -0.15) is 0 Å². The van der Waals surface area contributed by atoms with E-state index in [4.69, 9.17) is 9.47 Å². The lowest BCUT2D eigenvalue weighted by molar-refractivity contribution is -0.0709. The second kappa shape index (κ2) is 5.03. The minimum absolute atomic E-state index is 0.0545. The maximum absolute atomic E-state index is 5.72. The van der Waals surface area contributed by atoms with E-state index in [9.17, 15) is 0 Å². The van der Waals surface area contributed by atoms with Crippen molar-refractivity contribution < 1.29 is 9.47 Å². The Labute approximate surface area is 98.9 Å². The first-order chi connectivity index (χ1) is 7.59. The van der Waals surface area contributed by atoms with Crippen LogP contribution in [0.5, 0.6) is 0 Å². The molecule has 1 unspecified atom stereocenters. The molecule has 0 amide bonds. The molecule has 1 saturated carbocycles. The SMILES string of the molecule is CCOC1CC(NC2CCOC(C)(C)C2)C1. The zero-order valence-corrected chi connectivity index (χ0v) is 10.8. The fourth-order valence-electron chi connectivity index (χ4n) is 2.78. The zero-order valence-electron chi connectivity index (χ0n) is 10.8. The van der Waals surface area contributed by atoms with Crippen molar-refractivity contribution in [1.82, 2.24) is 5.32 Å². The van der Waals surface area contributed by atoms with Gasteiger partial charge in [-0.15, -0.1) is 0 Å². The summed E-state index contributed by atoms with van der Waals surface area (Å²) in [5, 5.41) is 3.74. The Morgan fingerprint density at radius 1 is 1.31 bits per heavy atom. The lowest BCUT2D eigenvalue weighted by Gasteiger charge is -2.42. The molecule has 1 saturated heterocycles. The van der Waals surface area contributed by atoms with E-state index in [1.54, 1.807) is 0 Å². The standard InChI is InChI=1S/C13H25NO2/c1-4-15-12-7-11(8-12)14-10-5-6-16-13(2,3)9-10/h10-12,14H,4-9H2,1-3H3. The van der Waals surface area contributed by atoms with Crippen LogP contribution in [-0.2, 0) is 9.47 Å². The summed E-state index contributed by atoms with van der Waals surface area (Å²) in [7, 11) is 0. The lowest BCUT2D eigenvalue weighted by Crippen LogP contribution is -2.53. The van der Waals surface area contributed by atoms with E-state index in [1.165, 1.54) is 12.8 Å². The van der Waals surface area contributed by atoms with Crippen LogP contribution in [0.2, 0.25) is 0 Å². The highest BCUT2D eigenvalue weighted by atomic mass is 16.5. The van der Waals surface area contributed by atoms with E-state index in [0.29, 0.717) is 18.2 Å². The van der Waals surface area contributed by atoms with Gasteiger partial charge in [0.1, 0.15) is 0 Å². The first kappa shape index (κ1) is 12.3. The molecule has 3 heteroatoms. The van der Waals surface area contributed by atoms with Crippen LogP contribution < -0.4 is 5.32 Å². The first-order valence-electron chi connectivity index (χ1n) is 6.60. The Bertz CT molecular complexity index is 224. The molecule has 2 fully saturated rings. The van der Waals surface area contributed by atoms with E-state index in [0.717, 1.165) is 26.1 Å². The van der Waals surface area contributed by atoms with Crippen LogP contribution in [0.15, 0.2) is 0 Å². The number of ether oxygens (including phenoxy) is 2. The van der Waals surface area contributed by atoms with E-state index in [1.807, 2.05) is 0 Å². The lowest BCUT2D eigenvalue weighted by atomic mass is 9.86. The molecular weight excluding hydrogens is 202 g/mol. The Balaban J connectivity index is 1.67. The van der Waals surface area contributed by atoms with Crippen molar-refractivity contribution in [2.75, 3.05) is 13.2 Å². The summed E-state index contributed by atoms with van der Waals surface area (Å²) in [6, 6.07) is 1.31. The largest absolute Gasteiger partial charge is 0.378 e. The molecule has 1 atom stereocenters. The van der Waals surface area contributed by atoms with Crippen molar-refractivity contribution in [2.24, 2.45) is 0 Å². The Morgan fingerprint density at radius 3 is 2.69 bits per heavy atom. The molecule has 1 heterocycles. The van der Waals surface area contributed by atoms with E-state index >= 15 is 0 Å². The zero-order chi connectivity index (χ0) is 11.6. The van der Waals surface area contributed by atoms with Crippen LogP contribution in [0.3, 0.4) is 0 Å². The molecule has 94 valence electrons. The van der Waals surface area contributed by atoms with Crippen molar-refractivity contribution in [1.29, 1.82) is 0 Å². The molecular formula is C13H25NO2. The molecule has 0 radical (unpaired) electrons. The van der Waals surface area contributed by atoms with Gasteiger partial charge in [-0.3, -0.25) is 0 Å². The molecule has 1 N–H and O–H groups in total. The van der Waals surface area contributed by atoms with Gasteiger partial charge >= 0.3 is 0 Å². The smallest absolute Gasteiger partial charge is 0.0641 e. The average molecular weight is 227 g/mol. The molecule has 1 aliphatic heterocycles. The van der Waals surface area contributed by atoms with E-state index < -0.39 is 0 Å². The second-order valence-corrected chi connectivity index (χ2v) is 5.71. The predicted molar refractivity (Wildman–Crippen MR) is 64.6 cm³/mol. The Kier molecular flexibility index (Phi) is 3.88. The monoisotopic (exact) mass is 227 g/mol. The second-order valence-electron chi connectivity index (χ2n) is 5.71. The van der Waals surface area contributed by atoms with Crippen molar-refractivity contribution in [2.45, 2.75) is 70.2 Å². The van der Waals surface area contributed by atoms with Crippen molar-refractivity contribution in [3.8, 4) is 0 Å². The molecule has 16 heavy (non-hydrogen) atoms. The van der Waals surface area contributed by atoms with Crippen molar-refractivity contribution in [3.63, 3.8) is 0 Å². The maximum Gasteiger partial charge on any atom is 0.0641 e. The molecule has 1 aliphatic carbocycles. The predicted octanol–water partition coefficient (Wildman–Crippen LogP) is 2.10. The summed E-state index contributed by atoms with van der Waals surface area (Å²) in [4.78, 5) is 0. The van der Waals surface area contributed by atoms with Crippen LogP contribution >= 0.6 is 0 Å². The minimum atomic E-state index is 0.0545. The highest BCUT2D eigenvalue weighted by Crippen LogP contribution is 2.28. The van der Waals surface area contributed by atoms with Gasteiger partial charge in [0.2, 0.25) is 0 Å². The molecule has 0 bridgehead atoms. The van der Waals surface area contributed by atoms with Crippen molar-refractivity contribution in [3.05, 3.63) is 0 Å². The average Bonchev–Trinajstić information content (AvgIpc) is 2.13. The third-order valence-corrected chi connectivity index (χ3v) is 3.67. The van der Waals surface area contributed by atoms with E-state index in [-0.39, 0.29) is 5.60 Å². The molecule has 2 aliphatic rings. The molecule has 0 aromatic carbocycles. The normalized spacial score (nSPS) is 38.1. The summed E-state index contributed by atoms with van der Waals surface area (Å²) in [6.45, 7) is 8.19. The molecule has 0 aromatic rings. The molecule has 2 rings (SSSR count). The number of hydrogen-bond acceptors (Lipinski definition) is 3. The summed E-state index contributed by atoms with van der Waals surface area (Å²) in [6.07, 6.45) is 5.16. The van der Waals surface area contributed by atoms with Crippen LogP contribution in [0.1, 0.15) is 46.5 Å². The molecule has 0 aromatic heterocycles. The molecule has 0 spiro atoms. The van der Waals surface area contributed by atoms with Crippen LogP contribution in [0.25, 0.3) is 0 Å². The van der Waals surface area contributed by atoms with E-state index in [2.05, 4.69) is 26.1 Å². The highest BCUT2D eigenvalue weighted by molar-refractivity contribution is 4.91. The first-order valence-corrected chi connectivity index (χ1v) is 6.60. The topological polar surface area (TPSA) is 30.5 Å². The fourth-order valence-corrected chi connectivity index (χ4v) is 2.78. The van der Waals surface area contributed by atoms with Gasteiger partial charge in [0, 0.05) is 25.3 Å². The van der Waals surface area contributed by atoms with Gasteiger partial charge < -0.3 is 14.8 Å². The Morgan fingerprint density at radius 2 is 2.06 bits per heavy atom. The third kappa shape index (κ3) is 3.19. The van der Waals surface area contributed by atoms with Crippen LogP contribution in [0.4, 0.5) is 0 Å². The van der Waals surface area contributed by atoms with Crippen LogP contribution in [-0.4, -0.2) is 37.0 Å². The quantitative estimate of drug-likeness (QED) is 0.798. The summed E-state index contributed by atoms with van der Waals surface area (Å²) in [5.41, 5.74) is 0.0545. The van der Waals surface area contributed by atoms with Gasteiger partial charge in [0.05, 0.1) is 11.7 Å². The number of hydrogen-bond donors (Lipinski definition) is 1. The summed E-state index contributed by atoms with van der Waals surface area (Å²) >= 11 is 0. The summed E-state index contributed by atoms with van der Waals surface area (Å²) < 4.78 is 11.3. The Hall–Kier alpha value is -0.120. The third-order valence-electron chi connectivity index (χ3n) is 3.67. The van der Waals surface area contributed by atoms with Gasteiger partial charge in [0.15, 0.2) is 0 Å². The van der Waals surface area contributed by atoms with Crippen molar-refractivity contribution >= 4 is 0 Å². The van der Waals surface area contributed by atoms with Gasteiger partial charge in [0.25, 0.3) is 0 Å². The number of rotatable bonds is 4. The van der Waals surface area contributed by atoms with Gasteiger partial charge in [-0.05, 0) is 46.5 Å². The van der Waals surface area contributed by atoms with Crippen LogP contribution in [0, 0.1) is 0 Å².